The lowest BCUT2D eigenvalue weighted by Gasteiger charge is -2.13. The van der Waals surface area contributed by atoms with Gasteiger partial charge in [-0.15, -0.1) is 0 Å². The Balaban J connectivity index is 1.52. The summed E-state index contributed by atoms with van der Waals surface area (Å²) in [6.07, 6.45) is 4.84. The topological polar surface area (TPSA) is 48.4 Å². The van der Waals surface area contributed by atoms with E-state index in [9.17, 15) is 4.79 Å². The first-order valence-electron chi connectivity index (χ1n) is 10.4. The summed E-state index contributed by atoms with van der Waals surface area (Å²) >= 11 is 0. The van der Waals surface area contributed by atoms with E-state index in [2.05, 4.69) is 4.98 Å². The summed E-state index contributed by atoms with van der Waals surface area (Å²) in [5, 5.41) is 0. The molecule has 32 heavy (non-hydrogen) atoms. The lowest BCUT2D eigenvalue weighted by Crippen LogP contribution is -2.02. The monoisotopic (exact) mass is 421 g/mol. The number of ether oxygens (including phenoxy) is 2. The second-order valence-electron chi connectivity index (χ2n) is 7.17. The average Bonchev–Trinajstić information content (AvgIpc) is 2.87. The second-order valence-corrected chi connectivity index (χ2v) is 7.17. The van der Waals surface area contributed by atoms with Crippen molar-refractivity contribution < 1.29 is 14.3 Å². The van der Waals surface area contributed by atoms with Crippen LogP contribution in [0.2, 0.25) is 0 Å². The Bertz CT molecular complexity index is 1170. The molecule has 158 valence electrons. The Kier molecular flexibility index (Phi) is 7.06. The highest BCUT2D eigenvalue weighted by Gasteiger charge is 2.09. The molecule has 4 heteroatoms. The van der Waals surface area contributed by atoms with Crippen molar-refractivity contribution in [2.75, 3.05) is 0 Å². The van der Waals surface area contributed by atoms with Crippen LogP contribution in [0.1, 0.15) is 27.2 Å². The molecule has 4 rings (SSSR count). The standard InChI is InChI=1S/C28H23NO3/c30-26(24-14-8-3-9-15-24)17-16-25-18-27(31-20-22-10-4-1-5-11-22)28(19-29-25)32-21-23-12-6-2-7-13-23/h1-19H,20-21H2/b17-16+. The quantitative estimate of drug-likeness (QED) is 0.241. The Morgan fingerprint density at radius 1 is 0.719 bits per heavy atom. The van der Waals surface area contributed by atoms with Crippen LogP contribution in [0.3, 0.4) is 0 Å². The van der Waals surface area contributed by atoms with E-state index < -0.39 is 0 Å². The van der Waals surface area contributed by atoms with Gasteiger partial charge in [0.2, 0.25) is 0 Å². The van der Waals surface area contributed by atoms with Gasteiger partial charge in [-0.05, 0) is 23.3 Å². The average molecular weight is 421 g/mol. The second kappa shape index (κ2) is 10.7. The molecule has 0 atom stereocenters. The minimum Gasteiger partial charge on any atom is -0.485 e. The van der Waals surface area contributed by atoms with Gasteiger partial charge in [-0.3, -0.25) is 9.78 Å². The van der Waals surface area contributed by atoms with Gasteiger partial charge in [0.1, 0.15) is 13.2 Å². The van der Waals surface area contributed by atoms with E-state index in [-0.39, 0.29) is 5.78 Å². The molecule has 1 aromatic heterocycles. The summed E-state index contributed by atoms with van der Waals surface area (Å²) in [5.41, 5.74) is 3.35. The first-order chi connectivity index (χ1) is 15.8. The zero-order valence-corrected chi connectivity index (χ0v) is 17.6. The Morgan fingerprint density at radius 2 is 1.25 bits per heavy atom. The molecular weight excluding hydrogens is 398 g/mol. The van der Waals surface area contributed by atoms with Gasteiger partial charge in [0.05, 0.1) is 11.9 Å². The van der Waals surface area contributed by atoms with Crippen molar-refractivity contribution in [2.24, 2.45) is 0 Å². The van der Waals surface area contributed by atoms with Crippen molar-refractivity contribution in [1.82, 2.24) is 4.98 Å². The van der Waals surface area contributed by atoms with Crippen LogP contribution in [0.25, 0.3) is 6.08 Å². The van der Waals surface area contributed by atoms with Gasteiger partial charge in [-0.2, -0.15) is 0 Å². The zero-order valence-electron chi connectivity index (χ0n) is 17.6. The number of hydrogen-bond donors (Lipinski definition) is 0. The number of carbonyl (C=O) groups is 1. The summed E-state index contributed by atoms with van der Waals surface area (Å²) in [5.74, 6) is 1.05. The van der Waals surface area contributed by atoms with Crippen LogP contribution in [0, 0.1) is 0 Å². The normalized spacial score (nSPS) is 10.8. The maximum Gasteiger partial charge on any atom is 0.185 e. The van der Waals surface area contributed by atoms with E-state index in [1.807, 2.05) is 78.9 Å². The molecule has 4 aromatic rings. The maximum absolute atomic E-state index is 12.4. The summed E-state index contributed by atoms with van der Waals surface area (Å²) in [6, 6.07) is 30.8. The highest BCUT2D eigenvalue weighted by Crippen LogP contribution is 2.29. The number of allylic oxidation sites excluding steroid dienone is 1. The predicted octanol–water partition coefficient (Wildman–Crippen LogP) is 6.14. The number of carbonyl (C=O) groups excluding carboxylic acids is 1. The number of benzene rings is 3. The fourth-order valence-corrected chi connectivity index (χ4v) is 3.08. The third kappa shape index (κ3) is 5.92. The van der Waals surface area contributed by atoms with Crippen LogP contribution in [-0.4, -0.2) is 10.8 Å². The smallest absolute Gasteiger partial charge is 0.185 e. The lowest BCUT2D eigenvalue weighted by atomic mass is 10.1. The van der Waals surface area contributed by atoms with Gasteiger partial charge in [0.25, 0.3) is 0 Å². The van der Waals surface area contributed by atoms with Crippen LogP contribution in [0.5, 0.6) is 11.5 Å². The van der Waals surface area contributed by atoms with E-state index >= 15 is 0 Å². The zero-order chi connectivity index (χ0) is 22.0. The van der Waals surface area contributed by atoms with E-state index in [1.54, 1.807) is 30.5 Å². The van der Waals surface area contributed by atoms with Crippen molar-refractivity contribution in [3.63, 3.8) is 0 Å². The van der Waals surface area contributed by atoms with Gasteiger partial charge in [-0.1, -0.05) is 91.0 Å². The number of nitrogens with zero attached hydrogens (tertiary/aromatic N) is 1. The molecule has 0 fully saturated rings. The molecule has 0 saturated carbocycles. The molecule has 0 aliphatic rings. The molecule has 0 spiro atoms. The third-order valence-electron chi connectivity index (χ3n) is 4.79. The Morgan fingerprint density at radius 3 is 1.84 bits per heavy atom. The van der Waals surface area contributed by atoms with Gasteiger partial charge >= 0.3 is 0 Å². The number of rotatable bonds is 9. The Labute approximate surface area is 187 Å². The maximum atomic E-state index is 12.4. The first-order valence-corrected chi connectivity index (χ1v) is 10.4. The number of hydrogen-bond acceptors (Lipinski definition) is 4. The number of aromatic nitrogens is 1. The van der Waals surface area contributed by atoms with E-state index in [1.165, 1.54) is 6.08 Å². The molecule has 0 N–H and O–H groups in total. The van der Waals surface area contributed by atoms with Crippen molar-refractivity contribution in [3.05, 3.63) is 132 Å². The summed E-state index contributed by atoms with van der Waals surface area (Å²) in [6.45, 7) is 0.810. The van der Waals surface area contributed by atoms with Crippen molar-refractivity contribution in [3.8, 4) is 11.5 Å². The molecular formula is C28H23NO3. The van der Waals surface area contributed by atoms with Crippen LogP contribution < -0.4 is 9.47 Å². The predicted molar refractivity (Wildman–Crippen MR) is 126 cm³/mol. The summed E-state index contributed by atoms with van der Waals surface area (Å²) < 4.78 is 12.0. The molecule has 1 heterocycles. The van der Waals surface area contributed by atoms with E-state index in [4.69, 9.17) is 9.47 Å². The molecule has 0 bridgehead atoms. The number of ketones is 1. The van der Waals surface area contributed by atoms with Crippen LogP contribution in [0.4, 0.5) is 0 Å². The first kappa shape index (κ1) is 21.1. The molecule has 3 aromatic carbocycles. The lowest BCUT2D eigenvalue weighted by molar-refractivity contribution is 0.104. The fourth-order valence-electron chi connectivity index (χ4n) is 3.08. The van der Waals surface area contributed by atoms with Gasteiger partial charge in [-0.25, -0.2) is 0 Å². The van der Waals surface area contributed by atoms with Gasteiger partial charge in [0, 0.05) is 11.6 Å². The molecule has 0 unspecified atom stereocenters. The molecule has 0 radical (unpaired) electrons. The summed E-state index contributed by atoms with van der Waals surface area (Å²) in [7, 11) is 0. The van der Waals surface area contributed by atoms with Crippen LogP contribution in [0.15, 0.2) is 109 Å². The largest absolute Gasteiger partial charge is 0.485 e. The highest BCUT2D eigenvalue weighted by molar-refractivity contribution is 6.06. The molecule has 0 saturated heterocycles. The van der Waals surface area contributed by atoms with Crippen LogP contribution in [-0.2, 0) is 13.2 Å². The molecule has 0 amide bonds. The number of pyridine rings is 1. The molecule has 4 nitrogen and oxygen atoms in total. The fraction of sp³-hybridized carbons (Fsp3) is 0.0714. The van der Waals surface area contributed by atoms with E-state index in [0.717, 1.165) is 11.1 Å². The third-order valence-corrected chi connectivity index (χ3v) is 4.79. The van der Waals surface area contributed by atoms with Gasteiger partial charge in [0.15, 0.2) is 17.3 Å². The molecule has 0 aliphatic carbocycles. The van der Waals surface area contributed by atoms with Crippen molar-refractivity contribution in [2.45, 2.75) is 13.2 Å². The van der Waals surface area contributed by atoms with E-state index in [0.29, 0.717) is 36.0 Å². The summed E-state index contributed by atoms with van der Waals surface area (Å²) in [4.78, 5) is 16.8. The minimum atomic E-state index is -0.0800. The SMILES string of the molecule is O=C(/C=C/c1cc(OCc2ccccc2)c(OCc2ccccc2)cn1)c1ccccc1. The molecule has 0 aliphatic heterocycles. The van der Waals surface area contributed by atoms with Crippen molar-refractivity contribution in [1.29, 1.82) is 0 Å². The Hall–Kier alpha value is -4.18. The minimum absolute atomic E-state index is 0.0800. The highest BCUT2D eigenvalue weighted by atomic mass is 16.5. The van der Waals surface area contributed by atoms with Gasteiger partial charge < -0.3 is 9.47 Å². The van der Waals surface area contributed by atoms with Crippen molar-refractivity contribution >= 4 is 11.9 Å². The van der Waals surface area contributed by atoms with Crippen LogP contribution >= 0.6 is 0 Å².